The van der Waals surface area contributed by atoms with E-state index in [-0.39, 0.29) is 6.10 Å². The van der Waals surface area contributed by atoms with Crippen molar-refractivity contribution in [3.05, 3.63) is 59.7 Å². The van der Waals surface area contributed by atoms with E-state index in [1.807, 2.05) is 48.5 Å². The van der Waals surface area contributed by atoms with Crippen molar-refractivity contribution in [1.29, 1.82) is 0 Å². The summed E-state index contributed by atoms with van der Waals surface area (Å²) in [5, 5.41) is 3.91. The molecule has 102 valence electrons. The molecule has 1 heterocycles. The van der Waals surface area contributed by atoms with Crippen LogP contribution in [0.25, 0.3) is 0 Å². The van der Waals surface area contributed by atoms with Gasteiger partial charge in [-0.3, -0.25) is 0 Å². The molecule has 2 N–H and O–H groups in total. The zero-order valence-electron chi connectivity index (χ0n) is 11.2. The first kappa shape index (κ1) is 12.5. The summed E-state index contributed by atoms with van der Waals surface area (Å²) >= 11 is 0. The van der Waals surface area contributed by atoms with Crippen molar-refractivity contribution in [2.45, 2.75) is 12.5 Å². The van der Waals surface area contributed by atoms with Gasteiger partial charge in [-0.1, -0.05) is 24.3 Å². The van der Waals surface area contributed by atoms with E-state index in [1.165, 1.54) is 0 Å². The van der Waals surface area contributed by atoms with E-state index in [2.05, 4.69) is 5.10 Å². The fourth-order valence-electron chi connectivity index (χ4n) is 2.42. The topological polar surface area (TPSA) is 56.8 Å². The van der Waals surface area contributed by atoms with Crippen LogP contribution in [0.5, 0.6) is 11.5 Å². The van der Waals surface area contributed by atoms with Crippen molar-refractivity contribution in [3.8, 4) is 11.5 Å². The monoisotopic (exact) mass is 268 g/mol. The zero-order chi connectivity index (χ0) is 13.9. The highest BCUT2D eigenvalue weighted by Gasteiger charge is 2.25. The Kier molecular flexibility index (Phi) is 3.29. The van der Waals surface area contributed by atoms with Gasteiger partial charge in [0.15, 0.2) is 0 Å². The van der Waals surface area contributed by atoms with Gasteiger partial charge < -0.3 is 15.3 Å². The molecule has 0 aromatic heterocycles. The van der Waals surface area contributed by atoms with E-state index in [1.54, 1.807) is 7.11 Å². The van der Waals surface area contributed by atoms with E-state index >= 15 is 0 Å². The average molecular weight is 268 g/mol. The van der Waals surface area contributed by atoms with E-state index in [0.717, 1.165) is 28.3 Å². The van der Waals surface area contributed by atoms with E-state index < -0.39 is 0 Å². The van der Waals surface area contributed by atoms with Crippen molar-refractivity contribution in [2.75, 3.05) is 7.11 Å². The molecule has 1 aliphatic rings. The molecule has 3 rings (SSSR count). The third-order valence-corrected chi connectivity index (χ3v) is 3.49. The normalized spacial score (nSPS) is 19.2. The molecule has 1 aliphatic heterocycles. The summed E-state index contributed by atoms with van der Waals surface area (Å²) in [6, 6.07) is 15.7. The molecule has 0 bridgehead atoms. The third-order valence-electron chi connectivity index (χ3n) is 3.49. The van der Waals surface area contributed by atoms with Crippen LogP contribution in [0.4, 0.5) is 0 Å². The number of nitrogens with zero attached hydrogens (tertiary/aromatic N) is 1. The minimum atomic E-state index is -0.0712. The summed E-state index contributed by atoms with van der Waals surface area (Å²) in [5.41, 5.74) is 2.92. The smallest absolute Gasteiger partial charge is 0.129 e. The number of fused-ring (bicyclic) bond motifs is 1. The number of hydrogen-bond donors (Lipinski definition) is 1. The van der Waals surface area contributed by atoms with Crippen LogP contribution in [0.3, 0.4) is 0 Å². The molecule has 4 nitrogen and oxygen atoms in total. The molecule has 1 atom stereocenters. The molecule has 0 saturated carbocycles. The van der Waals surface area contributed by atoms with Crippen molar-refractivity contribution >= 4 is 5.71 Å². The average Bonchev–Trinajstić information content (AvgIpc) is 2.54. The lowest BCUT2D eigenvalue weighted by Gasteiger charge is -2.27. The van der Waals surface area contributed by atoms with Crippen molar-refractivity contribution in [2.24, 2.45) is 10.9 Å². The minimum absolute atomic E-state index is 0.0712. The van der Waals surface area contributed by atoms with Gasteiger partial charge in [0.2, 0.25) is 0 Å². The van der Waals surface area contributed by atoms with Crippen LogP contribution in [-0.2, 0) is 0 Å². The van der Waals surface area contributed by atoms with Gasteiger partial charge in [-0.2, -0.15) is 5.10 Å². The third kappa shape index (κ3) is 2.20. The Labute approximate surface area is 117 Å². The first-order valence-corrected chi connectivity index (χ1v) is 6.48. The maximum absolute atomic E-state index is 6.05. The second-order valence-corrected chi connectivity index (χ2v) is 4.66. The Bertz CT molecular complexity index is 635. The van der Waals surface area contributed by atoms with Crippen LogP contribution in [0, 0.1) is 0 Å². The lowest BCUT2D eigenvalue weighted by Crippen LogP contribution is -2.21. The minimum Gasteiger partial charge on any atom is -0.497 e. The van der Waals surface area contributed by atoms with Gasteiger partial charge in [-0.05, 0) is 29.8 Å². The lowest BCUT2D eigenvalue weighted by molar-refractivity contribution is 0.206. The fourth-order valence-corrected chi connectivity index (χ4v) is 2.42. The lowest BCUT2D eigenvalue weighted by atomic mass is 9.95. The van der Waals surface area contributed by atoms with Crippen LogP contribution in [0.1, 0.15) is 23.7 Å². The zero-order valence-corrected chi connectivity index (χ0v) is 11.2. The molecule has 0 aliphatic carbocycles. The number of ether oxygens (including phenoxy) is 2. The van der Waals surface area contributed by atoms with Gasteiger partial charge in [0.25, 0.3) is 0 Å². The molecule has 20 heavy (non-hydrogen) atoms. The van der Waals surface area contributed by atoms with Crippen LogP contribution in [0.2, 0.25) is 0 Å². The van der Waals surface area contributed by atoms with Gasteiger partial charge >= 0.3 is 0 Å². The van der Waals surface area contributed by atoms with Gasteiger partial charge in [-0.25, -0.2) is 0 Å². The summed E-state index contributed by atoms with van der Waals surface area (Å²) in [6.45, 7) is 0. The standard InChI is InChI=1S/C16H16N2O2/c1-19-12-8-6-11(7-9-12)16-10-14(18-17)13-4-2-3-5-15(13)20-16/h2-9,16H,10,17H2,1H3. The number of hydrazone groups is 1. The van der Waals surface area contributed by atoms with Gasteiger partial charge in [0.1, 0.15) is 17.6 Å². The highest BCUT2D eigenvalue weighted by molar-refractivity contribution is 6.03. The van der Waals surface area contributed by atoms with Crippen LogP contribution in [0.15, 0.2) is 53.6 Å². The second kappa shape index (κ2) is 5.25. The SMILES string of the molecule is COc1ccc(C2CC(=NN)c3ccccc3O2)cc1. The maximum atomic E-state index is 6.05. The van der Waals surface area contributed by atoms with E-state index in [0.29, 0.717) is 6.42 Å². The molecule has 2 aromatic rings. The summed E-state index contributed by atoms with van der Waals surface area (Å²) in [7, 11) is 1.65. The number of benzene rings is 2. The number of hydrogen-bond acceptors (Lipinski definition) is 4. The van der Waals surface area contributed by atoms with Gasteiger partial charge in [-0.15, -0.1) is 0 Å². The summed E-state index contributed by atoms with van der Waals surface area (Å²) in [6.07, 6.45) is 0.595. The number of para-hydroxylation sites is 1. The number of nitrogens with two attached hydrogens (primary N) is 1. The van der Waals surface area contributed by atoms with Crippen LogP contribution in [-0.4, -0.2) is 12.8 Å². The molecule has 4 heteroatoms. The van der Waals surface area contributed by atoms with Crippen LogP contribution >= 0.6 is 0 Å². The predicted molar refractivity (Wildman–Crippen MR) is 78.1 cm³/mol. The quantitative estimate of drug-likeness (QED) is 0.673. The summed E-state index contributed by atoms with van der Waals surface area (Å²) in [5.74, 6) is 7.17. The van der Waals surface area contributed by atoms with E-state index in [4.69, 9.17) is 15.3 Å². The molecule has 1 unspecified atom stereocenters. The Balaban J connectivity index is 1.93. The summed E-state index contributed by atoms with van der Waals surface area (Å²) in [4.78, 5) is 0. The van der Waals surface area contributed by atoms with Crippen molar-refractivity contribution in [3.63, 3.8) is 0 Å². The number of rotatable bonds is 2. The van der Waals surface area contributed by atoms with Crippen molar-refractivity contribution in [1.82, 2.24) is 0 Å². The Morgan fingerprint density at radius 3 is 2.60 bits per heavy atom. The molecule has 0 spiro atoms. The second-order valence-electron chi connectivity index (χ2n) is 4.66. The Morgan fingerprint density at radius 2 is 1.90 bits per heavy atom. The highest BCUT2D eigenvalue weighted by Crippen LogP contribution is 2.35. The first-order valence-electron chi connectivity index (χ1n) is 6.48. The first-order chi connectivity index (χ1) is 9.81. The summed E-state index contributed by atoms with van der Waals surface area (Å²) < 4.78 is 11.2. The molecular formula is C16H16N2O2. The van der Waals surface area contributed by atoms with Gasteiger partial charge in [0, 0.05) is 12.0 Å². The molecule has 0 saturated heterocycles. The van der Waals surface area contributed by atoms with E-state index in [9.17, 15) is 0 Å². The molecule has 0 radical (unpaired) electrons. The van der Waals surface area contributed by atoms with Gasteiger partial charge in [0.05, 0.1) is 12.8 Å². The largest absolute Gasteiger partial charge is 0.497 e. The Hall–Kier alpha value is -2.49. The maximum Gasteiger partial charge on any atom is 0.129 e. The molecule has 2 aromatic carbocycles. The Morgan fingerprint density at radius 1 is 1.15 bits per heavy atom. The molecular weight excluding hydrogens is 252 g/mol. The molecule has 0 fully saturated rings. The molecule has 0 amide bonds. The fraction of sp³-hybridized carbons (Fsp3) is 0.188. The van der Waals surface area contributed by atoms with Crippen LogP contribution < -0.4 is 15.3 Å². The van der Waals surface area contributed by atoms with Crippen molar-refractivity contribution < 1.29 is 9.47 Å². The number of methoxy groups -OCH3 is 1. The predicted octanol–water partition coefficient (Wildman–Crippen LogP) is 2.88. The highest BCUT2D eigenvalue weighted by atomic mass is 16.5.